The Kier molecular flexibility index (Phi) is 6.34. The number of hydrogen-bond acceptors (Lipinski definition) is 1. The first kappa shape index (κ1) is 14.5. The van der Waals surface area contributed by atoms with E-state index in [9.17, 15) is 5.11 Å². The summed E-state index contributed by atoms with van der Waals surface area (Å²) in [7, 11) is 0. The molecule has 0 heterocycles. The molecule has 0 bridgehead atoms. The van der Waals surface area contributed by atoms with Crippen LogP contribution in [0.3, 0.4) is 0 Å². The van der Waals surface area contributed by atoms with Crippen LogP contribution in [0.4, 0.5) is 0 Å². The fraction of sp³-hybridized carbons (Fsp3) is 0.750. The molecule has 2 unspecified atom stereocenters. The van der Waals surface area contributed by atoms with Crippen LogP contribution < -0.4 is 5.11 Å². The summed E-state index contributed by atoms with van der Waals surface area (Å²) in [6.45, 7) is 10.2. The van der Waals surface area contributed by atoms with Gasteiger partial charge in [0.1, 0.15) is 0 Å². The second kappa shape index (κ2) is 6.14. The second-order valence-corrected chi connectivity index (χ2v) is 4.33. The van der Waals surface area contributed by atoms with Gasteiger partial charge < -0.3 is 12.0 Å². The van der Waals surface area contributed by atoms with Gasteiger partial charge in [-0.15, -0.1) is 23.7 Å². The van der Waals surface area contributed by atoms with Gasteiger partial charge in [0.15, 0.2) is 0 Å². The molecule has 0 saturated heterocycles. The molecule has 0 aromatic rings. The maximum absolute atomic E-state index is 11.4. The third-order valence-corrected chi connectivity index (χ3v) is 3.21. The zero-order valence-electron chi connectivity index (χ0n) is 9.35. The fourth-order valence-electron chi connectivity index (χ4n) is 2.07. The molecular weight excluding hydrogens is 184 g/mol. The van der Waals surface area contributed by atoms with Crippen LogP contribution in [0.2, 0.25) is 0 Å². The van der Waals surface area contributed by atoms with E-state index in [1.165, 1.54) is 18.4 Å². The van der Waals surface area contributed by atoms with E-state index in [-0.39, 0.29) is 28.5 Å². The molecule has 0 aromatic carbocycles. The van der Waals surface area contributed by atoms with Crippen LogP contribution in [0.15, 0.2) is 12.2 Å². The van der Waals surface area contributed by atoms with Gasteiger partial charge in [-0.3, -0.25) is 0 Å². The summed E-state index contributed by atoms with van der Waals surface area (Å²) in [4.78, 5) is 0. The summed E-state index contributed by atoms with van der Waals surface area (Å²) in [5, 5.41) is 11.4. The van der Waals surface area contributed by atoms with Gasteiger partial charge in [0.2, 0.25) is 0 Å². The first-order chi connectivity index (χ1) is 6.08. The van der Waals surface area contributed by atoms with Crippen LogP contribution >= 0.6 is 0 Å². The van der Waals surface area contributed by atoms with Crippen molar-refractivity contribution in [2.75, 3.05) is 0 Å². The molecule has 14 heavy (non-hydrogen) atoms. The summed E-state index contributed by atoms with van der Waals surface area (Å²) in [6, 6.07) is 0. The molecule has 0 aromatic heterocycles. The van der Waals surface area contributed by atoms with E-state index in [0.717, 1.165) is 12.8 Å². The van der Waals surface area contributed by atoms with Crippen molar-refractivity contribution in [3.8, 4) is 0 Å². The summed E-state index contributed by atoms with van der Waals surface area (Å²) in [6.07, 6.45) is 5.51. The van der Waals surface area contributed by atoms with Crippen molar-refractivity contribution in [1.29, 1.82) is 0 Å². The maximum atomic E-state index is 11.4. The Hall–Kier alpha value is 0.466. The Balaban J connectivity index is 0.00000169. The average Bonchev–Trinajstić information content (AvgIpc) is 2.10. The van der Waals surface area contributed by atoms with E-state index in [1.54, 1.807) is 0 Å². The van der Waals surface area contributed by atoms with E-state index in [2.05, 4.69) is 13.5 Å². The summed E-state index contributed by atoms with van der Waals surface area (Å²) < 4.78 is 0. The smallest absolute Gasteiger partial charge is 0.852 e. The quantitative estimate of drug-likeness (QED) is 0.392. The van der Waals surface area contributed by atoms with Crippen molar-refractivity contribution in [3.05, 3.63) is 19.1 Å². The molecule has 0 spiro atoms. The van der Waals surface area contributed by atoms with E-state index in [1.807, 2.05) is 6.92 Å². The molecule has 0 aliphatic heterocycles. The molecule has 1 aliphatic rings. The van der Waals surface area contributed by atoms with Crippen molar-refractivity contribution in [2.45, 2.75) is 51.6 Å². The largest absolute Gasteiger partial charge is 2.00 e. The van der Waals surface area contributed by atoms with E-state index >= 15 is 0 Å². The molecule has 2 heteroatoms. The monoisotopic (exact) mass is 204 g/mol. The molecule has 1 aliphatic carbocycles. The number of hydrogen-bond donors (Lipinski definition) is 0. The molecule has 0 radical (unpaired) electrons. The van der Waals surface area contributed by atoms with Crippen molar-refractivity contribution in [1.82, 2.24) is 0 Å². The van der Waals surface area contributed by atoms with Gasteiger partial charge in [-0.25, -0.2) is 0 Å². The third-order valence-electron chi connectivity index (χ3n) is 3.21. The van der Waals surface area contributed by atoms with Crippen LogP contribution in [0.25, 0.3) is 0 Å². The topological polar surface area (TPSA) is 23.1 Å². The van der Waals surface area contributed by atoms with Crippen molar-refractivity contribution < 1.29 is 5.11 Å². The Labute approximate surface area is 104 Å². The molecule has 1 saturated carbocycles. The van der Waals surface area contributed by atoms with Gasteiger partial charge in [-0.05, 0) is 12.8 Å². The van der Waals surface area contributed by atoms with Crippen molar-refractivity contribution in [3.63, 3.8) is 0 Å². The summed E-state index contributed by atoms with van der Waals surface area (Å²) in [5.74, 6) is 0. The molecule has 0 N–H and O–H groups in total. The molecule has 1 fully saturated rings. The molecular formula is C12H20MgO. The normalized spacial score (nSPS) is 29.5. The standard InChI is InChI=1S/C12H20O.Mg/c1-4-11(13)9-12(3)8-6-5-7-10(12)2;/h11H,2-9H2,1H3;/q-2;+2. The average molecular weight is 205 g/mol. The molecule has 0 amide bonds. The van der Waals surface area contributed by atoms with E-state index in [0.29, 0.717) is 12.8 Å². The van der Waals surface area contributed by atoms with Crippen LogP contribution in [0.1, 0.15) is 45.4 Å². The molecule has 76 valence electrons. The molecule has 1 nitrogen and oxygen atoms in total. The van der Waals surface area contributed by atoms with Gasteiger partial charge in [-0.2, -0.15) is 0 Å². The minimum absolute atomic E-state index is 0. The van der Waals surface area contributed by atoms with Crippen LogP contribution in [0.5, 0.6) is 0 Å². The van der Waals surface area contributed by atoms with Gasteiger partial charge in [0, 0.05) is 0 Å². The van der Waals surface area contributed by atoms with Gasteiger partial charge in [0.25, 0.3) is 0 Å². The Morgan fingerprint density at radius 2 is 2.21 bits per heavy atom. The van der Waals surface area contributed by atoms with Crippen molar-refractivity contribution in [2.24, 2.45) is 5.41 Å². The molecule has 2 atom stereocenters. The van der Waals surface area contributed by atoms with E-state index < -0.39 is 6.10 Å². The SMILES string of the molecule is C=C1CCCCC1([CH2-])CC([O-])CC.[Mg+2]. The van der Waals surface area contributed by atoms with Gasteiger partial charge in [0.05, 0.1) is 0 Å². The van der Waals surface area contributed by atoms with Gasteiger partial charge in [-0.1, -0.05) is 32.6 Å². The Morgan fingerprint density at radius 1 is 1.57 bits per heavy atom. The molecule has 1 rings (SSSR count). The zero-order valence-corrected chi connectivity index (χ0v) is 10.8. The minimum Gasteiger partial charge on any atom is -0.852 e. The number of allylic oxidation sites excluding steroid dienone is 1. The predicted octanol–water partition coefficient (Wildman–Crippen LogP) is 2.09. The van der Waals surface area contributed by atoms with Crippen molar-refractivity contribution >= 4 is 23.1 Å². The second-order valence-electron chi connectivity index (χ2n) is 4.33. The summed E-state index contributed by atoms with van der Waals surface area (Å²) in [5.41, 5.74) is 1.11. The van der Waals surface area contributed by atoms with Crippen LogP contribution in [-0.2, 0) is 0 Å². The first-order valence-corrected chi connectivity index (χ1v) is 5.28. The first-order valence-electron chi connectivity index (χ1n) is 5.28. The predicted molar refractivity (Wildman–Crippen MR) is 59.8 cm³/mol. The van der Waals surface area contributed by atoms with E-state index in [4.69, 9.17) is 0 Å². The third kappa shape index (κ3) is 3.56. The fourth-order valence-corrected chi connectivity index (χ4v) is 2.07. The number of rotatable bonds is 3. The Morgan fingerprint density at radius 3 is 2.71 bits per heavy atom. The maximum Gasteiger partial charge on any atom is 2.00 e. The summed E-state index contributed by atoms with van der Waals surface area (Å²) >= 11 is 0. The van der Waals surface area contributed by atoms with Crippen LogP contribution in [0, 0.1) is 12.3 Å². The Bertz CT molecular complexity index is 191. The zero-order chi connectivity index (χ0) is 9.90. The van der Waals surface area contributed by atoms with Crippen LogP contribution in [-0.4, -0.2) is 29.2 Å². The minimum atomic E-state index is -0.452. The van der Waals surface area contributed by atoms with Gasteiger partial charge >= 0.3 is 23.1 Å².